The number of aromatic nitrogens is 2. The molecule has 16 heavy (non-hydrogen) atoms. The van der Waals surface area contributed by atoms with Gasteiger partial charge in [-0.2, -0.15) is 0 Å². The summed E-state index contributed by atoms with van der Waals surface area (Å²) in [6.45, 7) is 3.77. The van der Waals surface area contributed by atoms with Gasteiger partial charge in [-0.15, -0.1) is 0 Å². The molecule has 0 unspecified atom stereocenters. The first kappa shape index (κ1) is 12.1. The van der Waals surface area contributed by atoms with Crippen LogP contribution in [0.5, 0.6) is 6.01 Å². The van der Waals surface area contributed by atoms with Crippen molar-refractivity contribution in [2.45, 2.75) is 12.8 Å². The van der Waals surface area contributed by atoms with E-state index in [1.807, 2.05) is 0 Å². The van der Waals surface area contributed by atoms with E-state index in [9.17, 15) is 9.18 Å². The molecular formula is C10H11FN2O3. The van der Waals surface area contributed by atoms with Crippen LogP contribution in [0.2, 0.25) is 0 Å². The maximum Gasteiger partial charge on any atom is 0.316 e. The lowest BCUT2D eigenvalue weighted by atomic mass is 10.2. The number of ether oxygens (including phenoxy) is 1. The number of halogens is 1. The number of rotatable bonds is 6. The molecule has 1 aromatic rings. The second kappa shape index (κ2) is 5.79. The van der Waals surface area contributed by atoms with Crippen molar-refractivity contribution in [2.75, 3.05) is 6.61 Å². The summed E-state index contributed by atoms with van der Waals surface area (Å²) in [7, 11) is 0. The van der Waals surface area contributed by atoms with Gasteiger partial charge in [-0.1, -0.05) is 6.58 Å². The van der Waals surface area contributed by atoms with Crippen LogP contribution in [-0.4, -0.2) is 27.7 Å². The van der Waals surface area contributed by atoms with Crippen molar-refractivity contribution in [3.63, 3.8) is 0 Å². The zero-order valence-corrected chi connectivity index (χ0v) is 8.52. The maximum absolute atomic E-state index is 12.4. The van der Waals surface area contributed by atoms with Gasteiger partial charge >= 0.3 is 12.0 Å². The molecule has 0 saturated heterocycles. The molecule has 5 nitrogen and oxygen atoms in total. The van der Waals surface area contributed by atoms with Crippen LogP contribution in [0.25, 0.3) is 0 Å². The Morgan fingerprint density at radius 2 is 2.06 bits per heavy atom. The lowest BCUT2D eigenvalue weighted by molar-refractivity contribution is -0.136. The third-order valence-corrected chi connectivity index (χ3v) is 1.69. The molecule has 0 radical (unpaired) electrons. The highest BCUT2D eigenvalue weighted by atomic mass is 19.1. The van der Waals surface area contributed by atoms with Gasteiger partial charge in [0.15, 0.2) is 5.82 Å². The minimum atomic E-state index is -0.890. The summed E-state index contributed by atoms with van der Waals surface area (Å²) in [5.74, 6) is -1.43. The molecule has 0 saturated carbocycles. The molecule has 0 fully saturated rings. The Hall–Kier alpha value is -1.98. The Morgan fingerprint density at radius 3 is 2.62 bits per heavy atom. The molecule has 1 N–H and O–H groups in total. The van der Waals surface area contributed by atoms with Crippen LogP contribution in [0.3, 0.4) is 0 Å². The lowest BCUT2D eigenvalue weighted by Crippen LogP contribution is -2.05. The summed E-state index contributed by atoms with van der Waals surface area (Å²) in [5.41, 5.74) is 0.621. The van der Waals surface area contributed by atoms with Crippen LogP contribution < -0.4 is 4.74 Å². The second-order valence-corrected chi connectivity index (χ2v) is 3.12. The highest BCUT2D eigenvalue weighted by Crippen LogP contribution is 2.06. The van der Waals surface area contributed by atoms with E-state index in [1.54, 1.807) is 0 Å². The Labute approximate surface area is 91.6 Å². The topological polar surface area (TPSA) is 72.3 Å². The molecule has 86 valence electrons. The van der Waals surface area contributed by atoms with E-state index >= 15 is 0 Å². The number of nitrogens with zero attached hydrogens (tertiary/aromatic N) is 2. The van der Waals surface area contributed by atoms with Crippen molar-refractivity contribution < 1.29 is 19.0 Å². The van der Waals surface area contributed by atoms with Crippen LogP contribution in [0, 0.1) is 5.82 Å². The van der Waals surface area contributed by atoms with Gasteiger partial charge < -0.3 is 9.84 Å². The number of hydrogen-bond donors (Lipinski definition) is 1. The predicted octanol–water partition coefficient (Wildman–Crippen LogP) is 1.42. The van der Waals surface area contributed by atoms with Gasteiger partial charge in [0.2, 0.25) is 0 Å². The second-order valence-electron chi connectivity index (χ2n) is 3.12. The van der Waals surface area contributed by atoms with Crippen molar-refractivity contribution in [3.8, 4) is 6.01 Å². The summed E-state index contributed by atoms with van der Waals surface area (Å²) in [6, 6.07) is 0.0397. The Bertz CT molecular complexity index is 378. The van der Waals surface area contributed by atoms with Gasteiger partial charge in [-0.05, 0) is 12.0 Å². The van der Waals surface area contributed by atoms with E-state index in [-0.39, 0.29) is 19.0 Å². The Morgan fingerprint density at radius 1 is 1.44 bits per heavy atom. The summed E-state index contributed by atoms with van der Waals surface area (Å²) in [6.07, 6.45) is 2.31. The van der Waals surface area contributed by atoms with Crippen molar-refractivity contribution in [2.24, 2.45) is 0 Å². The number of carbonyl (C=O) groups is 1. The van der Waals surface area contributed by atoms with Gasteiger partial charge in [0, 0.05) is 6.42 Å². The van der Waals surface area contributed by atoms with Gasteiger partial charge in [0.25, 0.3) is 0 Å². The zero-order valence-electron chi connectivity index (χ0n) is 8.52. The molecule has 0 aromatic carbocycles. The van der Waals surface area contributed by atoms with E-state index < -0.39 is 11.8 Å². The fourth-order valence-electron chi connectivity index (χ4n) is 0.897. The minimum Gasteiger partial charge on any atom is -0.481 e. The Balaban J connectivity index is 2.31. The average molecular weight is 226 g/mol. The van der Waals surface area contributed by atoms with Gasteiger partial charge in [0.05, 0.1) is 12.4 Å². The first-order chi connectivity index (χ1) is 7.58. The molecule has 0 aliphatic heterocycles. The summed E-state index contributed by atoms with van der Waals surface area (Å²) < 4.78 is 17.5. The number of carboxylic acids is 1. The summed E-state index contributed by atoms with van der Waals surface area (Å²) in [4.78, 5) is 17.4. The molecule has 0 atom stereocenters. The van der Waals surface area contributed by atoms with Crippen molar-refractivity contribution >= 4 is 5.97 Å². The zero-order chi connectivity index (χ0) is 12.0. The normalized spacial score (nSPS) is 9.81. The summed E-state index contributed by atoms with van der Waals surface area (Å²) >= 11 is 0. The van der Waals surface area contributed by atoms with Gasteiger partial charge in [-0.3, -0.25) is 4.79 Å². The molecule has 1 rings (SSSR count). The smallest absolute Gasteiger partial charge is 0.316 e. The van der Waals surface area contributed by atoms with Gasteiger partial charge in [0.1, 0.15) is 6.61 Å². The molecular weight excluding hydrogens is 215 g/mol. The molecule has 0 spiro atoms. The van der Waals surface area contributed by atoms with Crippen LogP contribution in [0.4, 0.5) is 4.39 Å². The molecule has 1 aromatic heterocycles. The molecule has 1 heterocycles. The first-order valence-electron chi connectivity index (χ1n) is 4.56. The van der Waals surface area contributed by atoms with Crippen LogP contribution in [-0.2, 0) is 4.79 Å². The highest BCUT2D eigenvalue weighted by molar-refractivity contribution is 5.66. The third kappa shape index (κ3) is 4.50. The largest absolute Gasteiger partial charge is 0.481 e. The first-order valence-corrected chi connectivity index (χ1v) is 4.56. The predicted molar refractivity (Wildman–Crippen MR) is 53.5 cm³/mol. The van der Waals surface area contributed by atoms with Crippen LogP contribution in [0.1, 0.15) is 12.8 Å². The number of aliphatic carboxylic acids is 1. The minimum absolute atomic E-state index is 0.00642. The standard InChI is InChI=1S/C10H11FN2O3/c1-7(2-3-9(14)15)6-16-10-12-4-8(11)5-13-10/h4-5H,1-3,6H2,(H,14,15). The van der Waals surface area contributed by atoms with E-state index in [1.165, 1.54) is 0 Å². The fourth-order valence-corrected chi connectivity index (χ4v) is 0.897. The van der Waals surface area contributed by atoms with E-state index in [2.05, 4.69) is 16.5 Å². The Kier molecular flexibility index (Phi) is 4.38. The SMILES string of the molecule is C=C(CCC(=O)O)COc1ncc(F)cn1. The van der Waals surface area contributed by atoms with Crippen LogP contribution in [0.15, 0.2) is 24.5 Å². The van der Waals surface area contributed by atoms with Crippen molar-refractivity contribution in [1.82, 2.24) is 9.97 Å². The van der Waals surface area contributed by atoms with Gasteiger partial charge in [-0.25, -0.2) is 14.4 Å². The quantitative estimate of drug-likeness (QED) is 0.742. The number of hydrogen-bond acceptors (Lipinski definition) is 4. The molecule has 0 aliphatic rings. The molecule has 0 aliphatic carbocycles. The van der Waals surface area contributed by atoms with Crippen LogP contribution >= 0.6 is 0 Å². The highest BCUT2D eigenvalue weighted by Gasteiger charge is 2.03. The van der Waals surface area contributed by atoms with Crippen molar-refractivity contribution in [1.29, 1.82) is 0 Å². The van der Waals surface area contributed by atoms with E-state index in [0.29, 0.717) is 12.0 Å². The fraction of sp³-hybridized carbons (Fsp3) is 0.300. The third-order valence-electron chi connectivity index (χ3n) is 1.69. The summed E-state index contributed by atoms with van der Waals surface area (Å²) in [5, 5.41) is 8.43. The lowest BCUT2D eigenvalue weighted by Gasteiger charge is -2.05. The number of carboxylic acid groups (broad SMARTS) is 1. The molecule has 6 heteroatoms. The monoisotopic (exact) mass is 226 g/mol. The molecule has 0 amide bonds. The molecule has 0 bridgehead atoms. The average Bonchev–Trinajstić information content (AvgIpc) is 2.25. The van der Waals surface area contributed by atoms with Crippen molar-refractivity contribution in [3.05, 3.63) is 30.4 Å². The maximum atomic E-state index is 12.4. The van der Waals surface area contributed by atoms with E-state index in [4.69, 9.17) is 9.84 Å². The van der Waals surface area contributed by atoms with E-state index in [0.717, 1.165) is 12.4 Å².